The SMILES string of the molecule is COc1c(Cl)cc(C(=O)N2CCC(c3nc4ccccc4o3)CC2)cc1Cl. The summed E-state index contributed by atoms with van der Waals surface area (Å²) in [5.74, 6) is 1.25. The van der Waals surface area contributed by atoms with Crippen molar-refractivity contribution in [3.8, 4) is 5.75 Å². The van der Waals surface area contributed by atoms with E-state index >= 15 is 0 Å². The maximum Gasteiger partial charge on any atom is 0.253 e. The van der Waals surface area contributed by atoms with Crippen LogP contribution in [0.1, 0.15) is 35.0 Å². The van der Waals surface area contributed by atoms with E-state index in [1.807, 2.05) is 29.2 Å². The van der Waals surface area contributed by atoms with E-state index in [1.165, 1.54) is 7.11 Å². The van der Waals surface area contributed by atoms with E-state index < -0.39 is 0 Å². The van der Waals surface area contributed by atoms with Crippen molar-refractivity contribution in [2.75, 3.05) is 20.2 Å². The standard InChI is InChI=1S/C20H18Cl2N2O3/c1-26-18-14(21)10-13(11-15(18)22)20(25)24-8-6-12(7-9-24)19-23-16-4-2-3-5-17(16)27-19/h2-5,10-12H,6-9H2,1H3. The number of ether oxygens (including phenoxy) is 1. The highest BCUT2D eigenvalue weighted by molar-refractivity contribution is 6.37. The number of carbonyl (C=O) groups is 1. The first-order chi connectivity index (χ1) is 13.1. The molecule has 0 spiro atoms. The molecule has 4 rings (SSSR count). The lowest BCUT2D eigenvalue weighted by Gasteiger charge is -2.30. The third-order valence-corrected chi connectivity index (χ3v) is 5.45. The van der Waals surface area contributed by atoms with Gasteiger partial charge in [-0.1, -0.05) is 35.3 Å². The van der Waals surface area contributed by atoms with Crippen LogP contribution in [0.3, 0.4) is 0 Å². The van der Waals surface area contributed by atoms with Crippen LogP contribution in [-0.4, -0.2) is 36.0 Å². The van der Waals surface area contributed by atoms with Gasteiger partial charge in [-0.15, -0.1) is 0 Å². The number of amides is 1. The fraction of sp³-hybridized carbons (Fsp3) is 0.300. The highest BCUT2D eigenvalue weighted by atomic mass is 35.5. The number of fused-ring (bicyclic) bond motifs is 1. The summed E-state index contributed by atoms with van der Waals surface area (Å²) in [5, 5.41) is 0.657. The molecule has 1 aromatic heterocycles. The number of para-hydroxylation sites is 2. The molecule has 2 heterocycles. The summed E-state index contributed by atoms with van der Waals surface area (Å²) in [6.07, 6.45) is 1.60. The molecule has 7 heteroatoms. The van der Waals surface area contributed by atoms with Crippen molar-refractivity contribution in [2.24, 2.45) is 0 Å². The number of piperidine rings is 1. The number of hydrogen-bond acceptors (Lipinski definition) is 4. The summed E-state index contributed by atoms with van der Waals surface area (Å²) in [6, 6.07) is 10.9. The highest BCUT2D eigenvalue weighted by Crippen LogP contribution is 2.35. The molecule has 0 unspecified atom stereocenters. The Morgan fingerprint density at radius 2 is 1.85 bits per heavy atom. The molecule has 0 N–H and O–H groups in total. The van der Waals surface area contributed by atoms with Crippen LogP contribution in [0.5, 0.6) is 5.75 Å². The van der Waals surface area contributed by atoms with Crippen LogP contribution in [-0.2, 0) is 0 Å². The topological polar surface area (TPSA) is 55.6 Å². The lowest BCUT2D eigenvalue weighted by atomic mass is 9.96. The number of oxazole rings is 1. The second kappa shape index (κ2) is 7.41. The first-order valence-electron chi connectivity index (χ1n) is 8.74. The van der Waals surface area contributed by atoms with Crippen molar-refractivity contribution in [3.63, 3.8) is 0 Å². The smallest absolute Gasteiger partial charge is 0.253 e. The number of nitrogens with zero attached hydrogens (tertiary/aromatic N) is 2. The quantitative estimate of drug-likeness (QED) is 0.604. The zero-order valence-corrected chi connectivity index (χ0v) is 16.3. The molecule has 2 aromatic carbocycles. The lowest BCUT2D eigenvalue weighted by molar-refractivity contribution is 0.0706. The number of carbonyl (C=O) groups excluding carboxylic acids is 1. The van der Waals surface area contributed by atoms with Gasteiger partial charge in [-0.2, -0.15) is 0 Å². The molecule has 1 fully saturated rings. The number of aromatic nitrogens is 1. The first-order valence-corrected chi connectivity index (χ1v) is 9.50. The van der Waals surface area contributed by atoms with E-state index in [9.17, 15) is 4.79 Å². The van der Waals surface area contributed by atoms with Crippen LogP contribution in [0.25, 0.3) is 11.1 Å². The highest BCUT2D eigenvalue weighted by Gasteiger charge is 2.28. The van der Waals surface area contributed by atoms with Gasteiger partial charge in [0.25, 0.3) is 5.91 Å². The minimum atomic E-state index is -0.0857. The van der Waals surface area contributed by atoms with Gasteiger partial charge in [0.2, 0.25) is 0 Å². The monoisotopic (exact) mass is 404 g/mol. The Hall–Kier alpha value is -2.24. The molecule has 140 valence electrons. The predicted octanol–water partition coefficient (Wildman–Crippen LogP) is 5.16. The Morgan fingerprint density at radius 3 is 2.48 bits per heavy atom. The molecule has 0 aliphatic carbocycles. The fourth-order valence-electron chi connectivity index (χ4n) is 3.46. The second-order valence-corrected chi connectivity index (χ2v) is 7.37. The number of methoxy groups -OCH3 is 1. The summed E-state index contributed by atoms with van der Waals surface area (Å²) in [6.45, 7) is 1.26. The van der Waals surface area contributed by atoms with E-state index in [2.05, 4.69) is 4.98 Å². The van der Waals surface area contributed by atoms with Crippen LogP contribution in [0.2, 0.25) is 10.0 Å². The number of hydrogen-bond donors (Lipinski definition) is 0. The average molecular weight is 405 g/mol. The Morgan fingerprint density at radius 1 is 1.19 bits per heavy atom. The fourth-order valence-corrected chi connectivity index (χ4v) is 4.10. The van der Waals surface area contributed by atoms with E-state index in [4.69, 9.17) is 32.4 Å². The van der Waals surface area contributed by atoms with Gasteiger partial charge < -0.3 is 14.1 Å². The zero-order valence-electron chi connectivity index (χ0n) is 14.7. The normalized spacial score (nSPS) is 15.3. The van der Waals surface area contributed by atoms with Crippen LogP contribution >= 0.6 is 23.2 Å². The summed E-state index contributed by atoms with van der Waals surface area (Å²) < 4.78 is 11.0. The molecule has 0 bridgehead atoms. The molecule has 1 amide bonds. The Balaban J connectivity index is 1.46. The molecule has 3 aromatic rings. The molecule has 1 saturated heterocycles. The summed E-state index contributed by atoms with van der Waals surface area (Å²) >= 11 is 12.3. The number of likely N-dealkylation sites (tertiary alicyclic amines) is 1. The molecular formula is C20H18Cl2N2O3. The number of rotatable bonds is 3. The van der Waals surface area contributed by atoms with Gasteiger partial charge in [0.05, 0.1) is 17.2 Å². The van der Waals surface area contributed by atoms with Crippen LogP contribution in [0.4, 0.5) is 0 Å². The van der Waals surface area contributed by atoms with Crippen LogP contribution < -0.4 is 4.74 Å². The number of halogens is 2. The minimum absolute atomic E-state index is 0.0857. The Bertz CT molecular complexity index is 938. The predicted molar refractivity (Wildman–Crippen MR) is 105 cm³/mol. The summed E-state index contributed by atoms with van der Waals surface area (Å²) in [5.41, 5.74) is 2.13. The van der Waals surface area contributed by atoms with Crippen molar-refractivity contribution >= 4 is 40.2 Å². The Kier molecular flexibility index (Phi) is 4.98. The van der Waals surface area contributed by atoms with E-state index in [1.54, 1.807) is 12.1 Å². The van der Waals surface area contributed by atoms with Crippen LogP contribution in [0, 0.1) is 0 Å². The van der Waals surface area contributed by atoms with Gasteiger partial charge in [0.15, 0.2) is 17.2 Å². The van der Waals surface area contributed by atoms with Gasteiger partial charge in [-0.05, 0) is 37.1 Å². The lowest BCUT2D eigenvalue weighted by Crippen LogP contribution is -2.38. The van der Waals surface area contributed by atoms with E-state index in [-0.39, 0.29) is 11.8 Å². The van der Waals surface area contributed by atoms with Crippen LogP contribution in [0.15, 0.2) is 40.8 Å². The van der Waals surface area contributed by atoms with Gasteiger partial charge in [-0.3, -0.25) is 4.79 Å². The van der Waals surface area contributed by atoms with Crippen molar-refractivity contribution in [2.45, 2.75) is 18.8 Å². The molecule has 27 heavy (non-hydrogen) atoms. The molecule has 1 aliphatic heterocycles. The third-order valence-electron chi connectivity index (χ3n) is 4.89. The largest absolute Gasteiger partial charge is 0.494 e. The molecule has 0 atom stereocenters. The van der Waals surface area contributed by atoms with Gasteiger partial charge in [0, 0.05) is 24.6 Å². The van der Waals surface area contributed by atoms with Gasteiger partial charge in [0.1, 0.15) is 5.52 Å². The van der Waals surface area contributed by atoms with Gasteiger partial charge >= 0.3 is 0 Å². The third kappa shape index (κ3) is 3.49. The molecule has 1 aliphatic rings. The summed E-state index contributed by atoms with van der Waals surface area (Å²) in [7, 11) is 1.49. The van der Waals surface area contributed by atoms with Crippen molar-refractivity contribution in [3.05, 3.63) is 57.9 Å². The molecule has 0 radical (unpaired) electrons. The van der Waals surface area contributed by atoms with Crippen molar-refractivity contribution in [1.29, 1.82) is 0 Å². The van der Waals surface area contributed by atoms with Crippen molar-refractivity contribution < 1.29 is 13.9 Å². The molecule has 5 nitrogen and oxygen atoms in total. The summed E-state index contributed by atoms with van der Waals surface area (Å²) in [4.78, 5) is 19.2. The molecular weight excluding hydrogens is 387 g/mol. The zero-order chi connectivity index (χ0) is 19.0. The maximum absolute atomic E-state index is 12.8. The minimum Gasteiger partial charge on any atom is -0.494 e. The number of benzene rings is 2. The van der Waals surface area contributed by atoms with Crippen molar-refractivity contribution in [1.82, 2.24) is 9.88 Å². The average Bonchev–Trinajstić information content (AvgIpc) is 3.11. The van der Waals surface area contributed by atoms with E-state index in [0.717, 1.165) is 29.8 Å². The van der Waals surface area contributed by atoms with Gasteiger partial charge in [-0.25, -0.2) is 4.98 Å². The first kappa shape index (κ1) is 18.1. The second-order valence-electron chi connectivity index (χ2n) is 6.56. The molecule has 0 saturated carbocycles. The van der Waals surface area contributed by atoms with E-state index in [0.29, 0.717) is 34.4 Å². The Labute approximate surface area is 166 Å². The maximum atomic E-state index is 12.8.